The summed E-state index contributed by atoms with van der Waals surface area (Å²) in [6.45, 7) is 4.73. The maximum atomic E-state index is 8.67. The predicted molar refractivity (Wildman–Crippen MR) is 80.9 cm³/mol. The van der Waals surface area contributed by atoms with Crippen LogP contribution in [0.3, 0.4) is 0 Å². The first kappa shape index (κ1) is 16.7. The number of aliphatic hydroxyl groups is 1. The number of nitrogens with two attached hydrogens (primary N) is 1. The topological polar surface area (TPSA) is 118 Å². The second kappa shape index (κ2) is 9.56. The number of aromatic nitrogens is 3. The molecule has 0 bridgehead atoms. The van der Waals surface area contributed by atoms with Gasteiger partial charge in [-0.25, -0.2) is 5.84 Å². The predicted octanol–water partition coefficient (Wildman–Crippen LogP) is 0.472. The van der Waals surface area contributed by atoms with Crippen molar-refractivity contribution in [1.82, 2.24) is 15.0 Å². The van der Waals surface area contributed by atoms with Crippen LogP contribution in [-0.2, 0) is 0 Å². The lowest BCUT2D eigenvalue weighted by Gasteiger charge is -2.11. The molecule has 0 fully saturated rings. The van der Waals surface area contributed by atoms with E-state index in [1.165, 1.54) is 0 Å². The zero-order chi connectivity index (χ0) is 14.8. The number of aliphatic hydroxyl groups excluding tert-OH is 1. The highest BCUT2D eigenvalue weighted by Crippen LogP contribution is 2.12. The average molecular weight is 302 g/mol. The highest BCUT2D eigenvalue weighted by molar-refractivity contribution is 7.99. The van der Waals surface area contributed by atoms with Crippen molar-refractivity contribution >= 4 is 23.7 Å². The number of nitrogens with one attached hydrogen (secondary N) is 2. The molecule has 1 heterocycles. The second-order valence-electron chi connectivity index (χ2n) is 4.19. The average Bonchev–Trinajstić information content (AvgIpc) is 2.41. The summed E-state index contributed by atoms with van der Waals surface area (Å²) in [7, 11) is 0. The van der Waals surface area contributed by atoms with E-state index in [-0.39, 0.29) is 24.7 Å². The first-order valence-corrected chi connectivity index (χ1v) is 7.63. The van der Waals surface area contributed by atoms with Crippen LogP contribution in [-0.4, -0.2) is 50.8 Å². The number of ether oxygens (including phenoxy) is 1. The molecule has 0 atom stereocenters. The van der Waals surface area contributed by atoms with Crippen LogP contribution >= 0.6 is 11.8 Å². The van der Waals surface area contributed by atoms with Gasteiger partial charge in [-0.2, -0.15) is 26.7 Å². The largest absolute Gasteiger partial charge is 0.461 e. The number of anilines is 2. The van der Waals surface area contributed by atoms with Crippen LogP contribution in [0.5, 0.6) is 6.01 Å². The Hall–Kier alpha value is -1.32. The molecule has 1 rings (SSSR count). The second-order valence-corrected chi connectivity index (χ2v) is 5.42. The summed E-state index contributed by atoms with van der Waals surface area (Å²) in [6.07, 6.45) is 0.786. The summed E-state index contributed by atoms with van der Waals surface area (Å²) in [5.41, 5.74) is 2.38. The van der Waals surface area contributed by atoms with Crippen molar-refractivity contribution in [2.24, 2.45) is 5.84 Å². The number of hydrazine groups is 1. The van der Waals surface area contributed by atoms with Gasteiger partial charge in [0.2, 0.25) is 11.9 Å². The van der Waals surface area contributed by atoms with Gasteiger partial charge in [-0.1, -0.05) is 0 Å². The van der Waals surface area contributed by atoms with Gasteiger partial charge in [-0.3, -0.25) is 5.43 Å². The molecular weight excluding hydrogens is 280 g/mol. The van der Waals surface area contributed by atoms with Crippen LogP contribution in [0, 0.1) is 0 Å². The van der Waals surface area contributed by atoms with E-state index in [0.717, 1.165) is 17.9 Å². The molecule has 9 heteroatoms. The van der Waals surface area contributed by atoms with Crippen LogP contribution in [0.4, 0.5) is 11.9 Å². The maximum absolute atomic E-state index is 8.67. The molecule has 0 radical (unpaired) electrons. The summed E-state index contributed by atoms with van der Waals surface area (Å²) >= 11 is 1.76. The third-order valence-electron chi connectivity index (χ3n) is 2.06. The van der Waals surface area contributed by atoms with E-state index in [0.29, 0.717) is 12.5 Å². The van der Waals surface area contributed by atoms with Gasteiger partial charge in [0, 0.05) is 18.9 Å². The fraction of sp³-hybridized carbons (Fsp3) is 0.727. The molecule has 5 N–H and O–H groups in total. The molecule has 114 valence electrons. The van der Waals surface area contributed by atoms with E-state index >= 15 is 0 Å². The van der Waals surface area contributed by atoms with Crippen LogP contribution in [0.1, 0.15) is 20.3 Å². The molecule has 0 aliphatic heterocycles. The van der Waals surface area contributed by atoms with E-state index in [4.69, 9.17) is 15.7 Å². The van der Waals surface area contributed by atoms with Crippen molar-refractivity contribution in [3.05, 3.63) is 0 Å². The van der Waals surface area contributed by atoms with E-state index in [1.54, 1.807) is 11.8 Å². The van der Waals surface area contributed by atoms with Gasteiger partial charge < -0.3 is 15.2 Å². The zero-order valence-corrected chi connectivity index (χ0v) is 12.6. The Morgan fingerprint density at radius 2 is 2.00 bits per heavy atom. The molecule has 0 spiro atoms. The molecule has 0 unspecified atom stereocenters. The summed E-state index contributed by atoms with van der Waals surface area (Å²) in [4.78, 5) is 12.3. The summed E-state index contributed by atoms with van der Waals surface area (Å²) in [5.74, 6) is 7.83. The third kappa shape index (κ3) is 6.73. The van der Waals surface area contributed by atoms with Crippen molar-refractivity contribution in [3.63, 3.8) is 0 Å². The fourth-order valence-electron chi connectivity index (χ4n) is 1.27. The minimum atomic E-state index is -0.0232. The smallest absolute Gasteiger partial charge is 0.323 e. The molecule has 0 aliphatic rings. The Balaban J connectivity index is 2.47. The zero-order valence-electron chi connectivity index (χ0n) is 11.8. The van der Waals surface area contributed by atoms with Crippen molar-refractivity contribution in [2.75, 3.05) is 35.4 Å². The van der Waals surface area contributed by atoms with E-state index in [2.05, 4.69) is 25.7 Å². The normalized spacial score (nSPS) is 10.7. The van der Waals surface area contributed by atoms with Gasteiger partial charge in [-0.15, -0.1) is 0 Å². The van der Waals surface area contributed by atoms with Crippen molar-refractivity contribution in [1.29, 1.82) is 0 Å². The fourth-order valence-corrected chi connectivity index (χ4v) is 2.05. The maximum Gasteiger partial charge on any atom is 0.323 e. The SMILES string of the molecule is CC(C)Oc1nc(NN)nc(NCCSCCCO)n1. The van der Waals surface area contributed by atoms with Crippen LogP contribution in [0.2, 0.25) is 0 Å². The number of hydrogen-bond acceptors (Lipinski definition) is 9. The number of nitrogen functional groups attached to an aromatic ring is 1. The molecule has 20 heavy (non-hydrogen) atoms. The van der Waals surface area contributed by atoms with E-state index in [9.17, 15) is 0 Å². The Kier molecular flexibility index (Phi) is 8.00. The van der Waals surface area contributed by atoms with Gasteiger partial charge in [0.15, 0.2) is 0 Å². The molecule has 1 aromatic heterocycles. The van der Waals surface area contributed by atoms with Crippen LogP contribution in [0.15, 0.2) is 0 Å². The minimum absolute atomic E-state index is 0.0232. The lowest BCUT2D eigenvalue weighted by atomic mass is 10.5. The lowest BCUT2D eigenvalue weighted by molar-refractivity contribution is 0.222. The highest BCUT2D eigenvalue weighted by atomic mass is 32.2. The summed E-state index contributed by atoms with van der Waals surface area (Å²) in [6, 6.07) is 0.235. The lowest BCUT2D eigenvalue weighted by Crippen LogP contribution is -2.17. The molecule has 0 amide bonds. The summed E-state index contributed by atoms with van der Waals surface area (Å²) in [5, 5.41) is 11.8. The van der Waals surface area contributed by atoms with Crippen LogP contribution in [0.25, 0.3) is 0 Å². The number of hydrogen-bond donors (Lipinski definition) is 4. The Bertz CT molecular complexity index is 393. The van der Waals surface area contributed by atoms with Gasteiger partial charge in [0.1, 0.15) is 0 Å². The van der Waals surface area contributed by atoms with E-state index in [1.807, 2.05) is 13.8 Å². The van der Waals surface area contributed by atoms with Gasteiger partial charge in [0.25, 0.3) is 0 Å². The highest BCUT2D eigenvalue weighted by Gasteiger charge is 2.07. The quantitative estimate of drug-likeness (QED) is 0.278. The molecule has 0 aromatic carbocycles. The Morgan fingerprint density at radius 3 is 2.65 bits per heavy atom. The Morgan fingerprint density at radius 1 is 1.25 bits per heavy atom. The Labute approximate surface area is 122 Å². The first-order chi connectivity index (χ1) is 9.65. The van der Waals surface area contributed by atoms with Crippen molar-refractivity contribution in [2.45, 2.75) is 26.4 Å². The monoisotopic (exact) mass is 302 g/mol. The van der Waals surface area contributed by atoms with Crippen LogP contribution < -0.4 is 21.3 Å². The molecule has 8 nitrogen and oxygen atoms in total. The molecule has 1 aromatic rings. The molecular formula is C11H22N6O2S. The molecule has 0 saturated carbocycles. The first-order valence-electron chi connectivity index (χ1n) is 6.47. The van der Waals surface area contributed by atoms with E-state index < -0.39 is 0 Å². The molecule has 0 saturated heterocycles. The minimum Gasteiger partial charge on any atom is -0.461 e. The third-order valence-corrected chi connectivity index (χ3v) is 3.13. The van der Waals surface area contributed by atoms with Gasteiger partial charge >= 0.3 is 6.01 Å². The number of thioether (sulfide) groups is 1. The van der Waals surface area contributed by atoms with Crippen molar-refractivity contribution in [3.8, 4) is 6.01 Å². The summed E-state index contributed by atoms with van der Waals surface area (Å²) < 4.78 is 5.43. The molecule has 0 aliphatic carbocycles. The van der Waals surface area contributed by atoms with Gasteiger partial charge in [-0.05, 0) is 26.0 Å². The van der Waals surface area contributed by atoms with Gasteiger partial charge in [0.05, 0.1) is 6.10 Å². The number of rotatable bonds is 10. The number of nitrogens with zero attached hydrogens (tertiary/aromatic N) is 3. The van der Waals surface area contributed by atoms with Crippen molar-refractivity contribution < 1.29 is 9.84 Å². The standard InChI is InChI=1S/C11H22N6O2S/c1-8(2)19-11-15-9(14-10(16-11)17-12)13-4-7-20-6-3-5-18/h8,18H,3-7,12H2,1-2H3,(H2,13,14,15,16,17).